The highest BCUT2D eigenvalue weighted by Crippen LogP contribution is 2.15. The number of nitrogens with zero attached hydrogens (tertiary/aromatic N) is 3. The number of nitrogen functional groups attached to an aromatic ring is 1. The van der Waals surface area contributed by atoms with E-state index in [1.807, 2.05) is 13.0 Å². The quantitative estimate of drug-likeness (QED) is 0.745. The van der Waals surface area contributed by atoms with E-state index < -0.39 is 0 Å². The molecule has 0 unspecified atom stereocenters. The van der Waals surface area contributed by atoms with Gasteiger partial charge in [0.25, 0.3) is 0 Å². The van der Waals surface area contributed by atoms with Gasteiger partial charge >= 0.3 is 0 Å². The first kappa shape index (κ1) is 8.99. The molecule has 0 atom stereocenters. The molecule has 2 heterocycles. The number of aryl methyl sites for hydroxylation is 1. The predicted octanol–water partition coefficient (Wildman–Crippen LogP) is 1.74. The van der Waals surface area contributed by atoms with Crippen molar-refractivity contribution in [1.82, 2.24) is 14.6 Å². The third-order valence-electron chi connectivity index (χ3n) is 2.17. The average Bonchev–Trinajstić information content (AvgIpc) is 2.47. The number of nitrogens with two attached hydrogens (primary N) is 1. The van der Waals surface area contributed by atoms with E-state index in [4.69, 9.17) is 5.73 Å². The van der Waals surface area contributed by atoms with Crippen LogP contribution in [0.15, 0.2) is 12.3 Å². The van der Waals surface area contributed by atoms with Gasteiger partial charge in [-0.2, -0.15) is 5.10 Å². The summed E-state index contributed by atoms with van der Waals surface area (Å²) in [7, 11) is 0. The standard InChI is InChI=1S/C10H14N4/c1-6(2)9-12-10-7(3)4-8(11)5-14(10)13-9/h4-6H,11H2,1-3H3. The van der Waals surface area contributed by atoms with Crippen molar-refractivity contribution in [2.75, 3.05) is 5.73 Å². The lowest BCUT2D eigenvalue weighted by Crippen LogP contribution is -1.95. The van der Waals surface area contributed by atoms with E-state index in [-0.39, 0.29) is 0 Å². The van der Waals surface area contributed by atoms with Crippen LogP contribution in [0, 0.1) is 6.92 Å². The highest BCUT2D eigenvalue weighted by molar-refractivity contribution is 5.53. The Morgan fingerprint density at radius 1 is 1.43 bits per heavy atom. The fourth-order valence-corrected chi connectivity index (χ4v) is 1.44. The lowest BCUT2D eigenvalue weighted by Gasteiger charge is -1.97. The highest BCUT2D eigenvalue weighted by atomic mass is 15.3. The van der Waals surface area contributed by atoms with Crippen LogP contribution in [-0.4, -0.2) is 14.6 Å². The van der Waals surface area contributed by atoms with E-state index in [9.17, 15) is 0 Å². The summed E-state index contributed by atoms with van der Waals surface area (Å²) in [4.78, 5) is 4.45. The Morgan fingerprint density at radius 2 is 2.14 bits per heavy atom. The van der Waals surface area contributed by atoms with Gasteiger partial charge in [-0.05, 0) is 18.6 Å². The Morgan fingerprint density at radius 3 is 2.79 bits per heavy atom. The SMILES string of the molecule is Cc1cc(N)cn2nc(C(C)C)nc12. The van der Waals surface area contributed by atoms with Gasteiger partial charge in [-0.25, -0.2) is 9.50 Å². The van der Waals surface area contributed by atoms with Crippen molar-refractivity contribution >= 4 is 11.3 Å². The Hall–Kier alpha value is -1.58. The van der Waals surface area contributed by atoms with Crippen molar-refractivity contribution in [3.63, 3.8) is 0 Å². The molecule has 2 N–H and O–H groups in total. The lowest BCUT2D eigenvalue weighted by molar-refractivity contribution is 0.765. The van der Waals surface area contributed by atoms with Gasteiger partial charge in [0.1, 0.15) is 0 Å². The molecule has 74 valence electrons. The number of aromatic nitrogens is 3. The van der Waals surface area contributed by atoms with Gasteiger partial charge in [0.15, 0.2) is 11.5 Å². The molecule has 4 heteroatoms. The maximum Gasteiger partial charge on any atom is 0.158 e. The molecule has 0 saturated carbocycles. The van der Waals surface area contributed by atoms with Crippen molar-refractivity contribution in [2.24, 2.45) is 0 Å². The third kappa shape index (κ3) is 1.32. The number of anilines is 1. The monoisotopic (exact) mass is 190 g/mol. The van der Waals surface area contributed by atoms with Crippen molar-refractivity contribution in [3.8, 4) is 0 Å². The molecular formula is C10H14N4. The van der Waals surface area contributed by atoms with Gasteiger partial charge in [-0.15, -0.1) is 0 Å². The summed E-state index contributed by atoms with van der Waals surface area (Å²) in [5.41, 5.74) is 8.39. The van der Waals surface area contributed by atoms with E-state index >= 15 is 0 Å². The molecule has 4 nitrogen and oxygen atoms in total. The Balaban J connectivity index is 2.70. The van der Waals surface area contributed by atoms with Crippen LogP contribution < -0.4 is 5.73 Å². The van der Waals surface area contributed by atoms with Crippen LogP contribution in [0.25, 0.3) is 5.65 Å². The molecule has 0 saturated heterocycles. The van der Waals surface area contributed by atoms with Crippen LogP contribution in [0.2, 0.25) is 0 Å². The van der Waals surface area contributed by atoms with Gasteiger partial charge in [-0.3, -0.25) is 0 Å². The van der Waals surface area contributed by atoms with Crippen molar-refractivity contribution in [2.45, 2.75) is 26.7 Å². The second kappa shape index (κ2) is 2.97. The normalized spacial score (nSPS) is 11.4. The predicted molar refractivity (Wildman–Crippen MR) is 56.2 cm³/mol. The number of pyridine rings is 1. The molecule has 0 fully saturated rings. The minimum Gasteiger partial charge on any atom is -0.397 e. The van der Waals surface area contributed by atoms with E-state index in [1.54, 1.807) is 10.7 Å². The van der Waals surface area contributed by atoms with Gasteiger partial charge < -0.3 is 5.73 Å². The molecule has 0 bridgehead atoms. The van der Waals surface area contributed by atoms with Crippen LogP contribution in [0.1, 0.15) is 31.2 Å². The first-order valence-corrected chi connectivity index (χ1v) is 4.70. The largest absolute Gasteiger partial charge is 0.397 e. The van der Waals surface area contributed by atoms with Crippen molar-refractivity contribution in [3.05, 3.63) is 23.7 Å². The summed E-state index contributed by atoms with van der Waals surface area (Å²) < 4.78 is 1.75. The molecule has 2 aromatic rings. The van der Waals surface area contributed by atoms with Crippen molar-refractivity contribution in [1.29, 1.82) is 0 Å². The van der Waals surface area contributed by atoms with Crippen LogP contribution in [0.5, 0.6) is 0 Å². The third-order valence-corrected chi connectivity index (χ3v) is 2.17. The van der Waals surface area contributed by atoms with E-state index in [0.717, 1.165) is 22.7 Å². The van der Waals surface area contributed by atoms with Gasteiger partial charge in [0, 0.05) is 5.92 Å². The van der Waals surface area contributed by atoms with Crippen molar-refractivity contribution < 1.29 is 0 Å². The molecular weight excluding hydrogens is 176 g/mol. The summed E-state index contributed by atoms with van der Waals surface area (Å²) in [6.45, 7) is 6.14. The Kier molecular flexibility index (Phi) is 1.91. The number of fused-ring (bicyclic) bond motifs is 1. The molecule has 0 aromatic carbocycles. The number of rotatable bonds is 1. The zero-order chi connectivity index (χ0) is 10.3. The summed E-state index contributed by atoms with van der Waals surface area (Å²) in [5, 5.41) is 4.36. The van der Waals surface area contributed by atoms with Crippen LogP contribution in [0.3, 0.4) is 0 Å². The first-order chi connectivity index (χ1) is 6.58. The molecule has 0 radical (unpaired) electrons. The highest BCUT2D eigenvalue weighted by Gasteiger charge is 2.09. The zero-order valence-corrected chi connectivity index (χ0v) is 8.65. The summed E-state index contributed by atoms with van der Waals surface area (Å²) in [6.07, 6.45) is 1.79. The van der Waals surface area contributed by atoms with E-state index in [0.29, 0.717) is 5.92 Å². The van der Waals surface area contributed by atoms with Crippen LogP contribution in [0.4, 0.5) is 5.69 Å². The Bertz CT molecular complexity index is 470. The fraction of sp³-hybridized carbons (Fsp3) is 0.400. The van der Waals surface area contributed by atoms with Gasteiger partial charge in [0.2, 0.25) is 0 Å². The molecule has 0 aliphatic rings. The minimum absolute atomic E-state index is 0.343. The molecule has 2 rings (SSSR count). The minimum atomic E-state index is 0.343. The van der Waals surface area contributed by atoms with Gasteiger partial charge in [-0.1, -0.05) is 13.8 Å². The fourth-order valence-electron chi connectivity index (χ4n) is 1.44. The maximum atomic E-state index is 5.72. The van der Waals surface area contributed by atoms with Gasteiger partial charge in [0.05, 0.1) is 11.9 Å². The molecule has 0 aliphatic carbocycles. The van der Waals surface area contributed by atoms with E-state index in [2.05, 4.69) is 23.9 Å². The summed E-state index contributed by atoms with van der Waals surface area (Å²) in [6, 6.07) is 1.91. The molecule has 2 aromatic heterocycles. The lowest BCUT2D eigenvalue weighted by atomic mass is 10.2. The first-order valence-electron chi connectivity index (χ1n) is 4.70. The summed E-state index contributed by atoms with van der Waals surface area (Å²) >= 11 is 0. The molecule has 0 spiro atoms. The summed E-state index contributed by atoms with van der Waals surface area (Å²) in [5.74, 6) is 1.20. The Labute approximate surface area is 82.8 Å². The number of hydrogen-bond donors (Lipinski definition) is 1. The maximum absolute atomic E-state index is 5.72. The topological polar surface area (TPSA) is 56.2 Å². The number of hydrogen-bond acceptors (Lipinski definition) is 3. The molecule has 14 heavy (non-hydrogen) atoms. The van der Waals surface area contributed by atoms with Crippen LogP contribution >= 0.6 is 0 Å². The second-order valence-corrected chi connectivity index (χ2v) is 3.85. The second-order valence-electron chi connectivity index (χ2n) is 3.85. The van der Waals surface area contributed by atoms with E-state index in [1.165, 1.54) is 0 Å². The molecule has 0 amide bonds. The molecule has 0 aliphatic heterocycles. The zero-order valence-electron chi connectivity index (χ0n) is 8.65. The van der Waals surface area contributed by atoms with Crippen LogP contribution in [-0.2, 0) is 0 Å². The smallest absolute Gasteiger partial charge is 0.158 e. The average molecular weight is 190 g/mol.